The molecule has 0 aromatic rings. The van der Waals surface area contributed by atoms with Crippen molar-refractivity contribution in [2.24, 2.45) is 0 Å². The molecular formula is C7H16O13P2. The van der Waals surface area contributed by atoms with Gasteiger partial charge in [0.1, 0.15) is 31.0 Å². The predicted octanol–water partition coefficient (Wildman–Crippen LogP) is -3.78. The molecular weight excluding hydrogens is 354 g/mol. The zero-order valence-electron chi connectivity index (χ0n) is 10.7. The fraction of sp³-hybridized carbons (Fsp3) is 0.857. The molecule has 0 aromatic carbocycles. The fourth-order valence-electron chi connectivity index (χ4n) is 1.11. The Bertz CT molecular complexity index is 453. The van der Waals surface area contributed by atoms with Crippen LogP contribution >= 0.6 is 15.6 Å². The second kappa shape index (κ2) is 8.55. The van der Waals surface area contributed by atoms with Gasteiger partial charge < -0.3 is 40.0 Å². The van der Waals surface area contributed by atoms with Gasteiger partial charge >= 0.3 is 15.6 Å². The average Bonchev–Trinajstić information content (AvgIpc) is 2.37. The van der Waals surface area contributed by atoms with Gasteiger partial charge in [-0.1, -0.05) is 0 Å². The third-order valence-electron chi connectivity index (χ3n) is 2.19. The van der Waals surface area contributed by atoms with Crippen molar-refractivity contribution >= 4 is 21.4 Å². The number of aliphatic hydroxyl groups excluding tert-OH is 4. The smallest absolute Gasteiger partial charge is 0.388 e. The third kappa shape index (κ3) is 9.00. The number of phosphoric ester groups is 2. The lowest BCUT2D eigenvalue weighted by Crippen LogP contribution is -2.49. The maximum atomic E-state index is 11.2. The molecule has 0 aliphatic heterocycles. The topological polar surface area (TPSA) is 232 Å². The van der Waals surface area contributed by atoms with Crippen molar-refractivity contribution in [1.29, 1.82) is 0 Å². The molecule has 4 unspecified atom stereocenters. The number of hydrogen-bond donors (Lipinski definition) is 8. The van der Waals surface area contributed by atoms with E-state index < -0.39 is 59.1 Å². The van der Waals surface area contributed by atoms with Crippen LogP contribution in [0.4, 0.5) is 0 Å². The van der Waals surface area contributed by atoms with E-state index in [-0.39, 0.29) is 0 Å². The zero-order valence-corrected chi connectivity index (χ0v) is 12.5. The van der Waals surface area contributed by atoms with Crippen LogP contribution < -0.4 is 0 Å². The van der Waals surface area contributed by atoms with Crippen molar-refractivity contribution in [2.45, 2.75) is 24.4 Å². The first-order chi connectivity index (χ1) is 9.74. The molecule has 15 heteroatoms. The average molecular weight is 370 g/mol. The molecule has 0 spiro atoms. The summed E-state index contributed by atoms with van der Waals surface area (Å²) in [5.41, 5.74) is 0. The number of hydrogen-bond acceptors (Lipinski definition) is 9. The number of rotatable bonds is 10. The van der Waals surface area contributed by atoms with Crippen molar-refractivity contribution < 1.29 is 63.0 Å². The number of carbonyl (C=O) groups is 1. The van der Waals surface area contributed by atoms with E-state index in [1.54, 1.807) is 0 Å². The van der Waals surface area contributed by atoms with E-state index in [2.05, 4.69) is 9.05 Å². The highest BCUT2D eigenvalue weighted by Crippen LogP contribution is 2.36. The fourth-order valence-corrected chi connectivity index (χ4v) is 1.75. The summed E-state index contributed by atoms with van der Waals surface area (Å²) in [6.45, 7) is -2.41. The van der Waals surface area contributed by atoms with Crippen molar-refractivity contribution in [2.75, 3.05) is 13.2 Å². The molecule has 0 aromatic heterocycles. The van der Waals surface area contributed by atoms with Gasteiger partial charge in [0, 0.05) is 0 Å². The van der Waals surface area contributed by atoms with Crippen molar-refractivity contribution in [1.82, 2.24) is 0 Å². The van der Waals surface area contributed by atoms with Gasteiger partial charge in [0.25, 0.3) is 0 Å². The molecule has 0 heterocycles. The Morgan fingerprint density at radius 2 is 1.32 bits per heavy atom. The molecule has 4 atom stereocenters. The van der Waals surface area contributed by atoms with E-state index in [0.29, 0.717) is 0 Å². The lowest BCUT2D eigenvalue weighted by molar-refractivity contribution is -0.148. The van der Waals surface area contributed by atoms with E-state index in [9.17, 15) is 34.4 Å². The maximum absolute atomic E-state index is 11.2. The third-order valence-corrected chi connectivity index (χ3v) is 3.14. The van der Waals surface area contributed by atoms with Crippen LogP contribution in [-0.4, -0.2) is 83.4 Å². The SMILES string of the molecule is O=C(COP(=O)(O)O)C(O)C(O)C(O)C(O)COP(=O)(O)O. The summed E-state index contributed by atoms with van der Waals surface area (Å²) < 4.78 is 28.3. The number of ketones is 1. The normalized spacial score (nSPS) is 18.5. The van der Waals surface area contributed by atoms with Crippen molar-refractivity contribution in [3.63, 3.8) is 0 Å². The van der Waals surface area contributed by atoms with E-state index in [1.165, 1.54) is 0 Å². The van der Waals surface area contributed by atoms with Gasteiger partial charge in [-0.05, 0) is 0 Å². The van der Waals surface area contributed by atoms with Gasteiger partial charge in [-0.3, -0.25) is 13.8 Å². The summed E-state index contributed by atoms with van der Waals surface area (Å²) >= 11 is 0. The first-order valence-corrected chi connectivity index (χ1v) is 8.46. The molecule has 0 aliphatic rings. The summed E-state index contributed by atoms with van der Waals surface area (Å²) in [5.74, 6) is -1.42. The lowest BCUT2D eigenvalue weighted by atomic mass is 10.0. The standard InChI is InChI=1S/C7H16O13P2/c8-3(1-19-21(13,14)15)5(10)7(12)6(11)4(9)2-20-22(16,17)18/h3,5-8,10-12H,1-2H2,(H2,13,14,15)(H2,16,17,18). The van der Waals surface area contributed by atoms with Crippen LogP contribution in [0.1, 0.15) is 0 Å². The van der Waals surface area contributed by atoms with Crippen molar-refractivity contribution in [3.05, 3.63) is 0 Å². The lowest BCUT2D eigenvalue weighted by Gasteiger charge is -2.25. The molecule has 0 bridgehead atoms. The predicted molar refractivity (Wildman–Crippen MR) is 65.0 cm³/mol. The molecule has 22 heavy (non-hydrogen) atoms. The van der Waals surface area contributed by atoms with E-state index in [4.69, 9.17) is 19.6 Å². The summed E-state index contributed by atoms with van der Waals surface area (Å²) in [5, 5.41) is 37.4. The largest absolute Gasteiger partial charge is 0.470 e. The minimum Gasteiger partial charge on any atom is -0.388 e. The van der Waals surface area contributed by atoms with Gasteiger partial charge in [0.05, 0.1) is 6.61 Å². The van der Waals surface area contributed by atoms with Crippen molar-refractivity contribution in [3.8, 4) is 0 Å². The Balaban J connectivity index is 4.53. The highest BCUT2D eigenvalue weighted by atomic mass is 31.2. The second-order valence-corrected chi connectivity index (χ2v) is 6.49. The van der Waals surface area contributed by atoms with Crippen LogP contribution in [0.2, 0.25) is 0 Å². The molecule has 0 saturated carbocycles. The van der Waals surface area contributed by atoms with Gasteiger partial charge in [0.2, 0.25) is 0 Å². The highest BCUT2D eigenvalue weighted by Gasteiger charge is 2.36. The Hall–Kier alpha value is -0.270. The molecule has 0 fully saturated rings. The highest BCUT2D eigenvalue weighted by molar-refractivity contribution is 7.46. The molecule has 0 aliphatic carbocycles. The first kappa shape index (κ1) is 21.7. The molecule has 0 radical (unpaired) electrons. The Morgan fingerprint density at radius 1 is 0.864 bits per heavy atom. The molecule has 8 N–H and O–H groups in total. The Labute approximate surface area is 123 Å². The van der Waals surface area contributed by atoms with Gasteiger partial charge in [-0.15, -0.1) is 0 Å². The molecule has 0 rings (SSSR count). The monoisotopic (exact) mass is 370 g/mol. The number of aliphatic hydroxyl groups is 4. The summed E-state index contributed by atoms with van der Waals surface area (Å²) in [6, 6.07) is 0. The minimum absolute atomic E-state index is 1.12. The summed E-state index contributed by atoms with van der Waals surface area (Å²) in [7, 11) is -9.94. The second-order valence-electron chi connectivity index (χ2n) is 4.01. The van der Waals surface area contributed by atoms with Crippen LogP contribution in [0.5, 0.6) is 0 Å². The summed E-state index contributed by atoms with van der Waals surface area (Å²) in [4.78, 5) is 44.7. The summed E-state index contributed by atoms with van der Waals surface area (Å²) in [6.07, 6.45) is -9.04. The molecule has 13 nitrogen and oxygen atoms in total. The van der Waals surface area contributed by atoms with Gasteiger partial charge in [0.15, 0.2) is 5.78 Å². The molecule has 0 amide bonds. The van der Waals surface area contributed by atoms with Crippen LogP contribution in [0, 0.1) is 0 Å². The zero-order chi connectivity index (χ0) is 17.7. The molecule has 0 saturated heterocycles. The van der Waals surface area contributed by atoms with E-state index >= 15 is 0 Å². The van der Waals surface area contributed by atoms with Crippen LogP contribution in [0.25, 0.3) is 0 Å². The number of Topliss-reactive ketones (excluding diaryl/α,β-unsaturated/α-hetero) is 1. The van der Waals surface area contributed by atoms with Crippen LogP contribution in [0.15, 0.2) is 0 Å². The van der Waals surface area contributed by atoms with Crippen LogP contribution in [0.3, 0.4) is 0 Å². The number of carbonyl (C=O) groups excluding carboxylic acids is 1. The first-order valence-electron chi connectivity index (χ1n) is 5.40. The van der Waals surface area contributed by atoms with E-state index in [0.717, 1.165) is 0 Å². The Kier molecular flexibility index (Phi) is 8.44. The van der Waals surface area contributed by atoms with Crippen LogP contribution in [-0.2, 0) is 23.0 Å². The quantitative estimate of drug-likeness (QED) is 0.173. The van der Waals surface area contributed by atoms with Gasteiger partial charge in [-0.2, -0.15) is 0 Å². The Morgan fingerprint density at radius 3 is 1.73 bits per heavy atom. The number of phosphoric acid groups is 2. The minimum atomic E-state index is -4.99. The maximum Gasteiger partial charge on any atom is 0.470 e. The van der Waals surface area contributed by atoms with Gasteiger partial charge in [-0.25, -0.2) is 9.13 Å². The molecule has 132 valence electrons. The van der Waals surface area contributed by atoms with E-state index in [1.807, 2.05) is 0 Å².